The van der Waals surface area contributed by atoms with Crippen LogP contribution in [0.25, 0.3) is 16.9 Å². The Morgan fingerprint density at radius 3 is 2.36 bits per heavy atom. The minimum absolute atomic E-state index is 0.422. The van der Waals surface area contributed by atoms with Gasteiger partial charge in [-0.3, -0.25) is 9.59 Å². The van der Waals surface area contributed by atoms with Gasteiger partial charge in [-0.2, -0.15) is 10.2 Å². The number of hydrogen-bond acceptors (Lipinski definition) is 4. The maximum atomic E-state index is 12.2. The third kappa shape index (κ3) is 5.34. The normalized spacial score (nSPS) is 10.8. The highest BCUT2D eigenvalue weighted by atomic mass is 35.5. The van der Waals surface area contributed by atoms with Gasteiger partial charge in [0.2, 0.25) is 0 Å². The van der Waals surface area contributed by atoms with E-state index in [2.05, 4.69) is 20.9 Å². The summed E-state index contributed by atoms with van der Waals surface area (Å²) < 4.78 is 1.74. The molecule has 0 aliphatic carbocycles. The van der Waals surface area contributed by atoms with Gasteiger partial charge in [0.1, 0.15) is 5.69 Å². The van der Waals surface area contributed by atoms with E-state index in [-0.39, 0.29) is 0 Å². The molecule has 3 aromatic carbocycles. The zero-order chi connectivity index (χ0) is 23.2. The van der Waals surface area contributed by atoms with Gasteiger partial charge in [0.25, 0.3) is 0 Å². The van der Waals surface area contributed by atoms with Crippen LogP contribution in [0, 0.1) is 6.92 Å². The molecule has 0 bridgehead atoms. The molecular weight excluding hydrogens is 438 g/mol. The summed E-state index contributed by atoms with van der Waals surface area (Å²) in [5.41, 5.74) is 6.69. The molecule has 1 heterocycles. The number of hydrogen-bond donors (Lipinski definition) is 2. The smallest absolute Gasteiger partial charge is 0.318 e. The van der Waals surface area contributed by atoms with Gasteiger partial charge in [-0.1, -0.05) is 66.2 Å². The molecule has 0 radical (unpaired) electrons. The number of nitrogens with zero attached hydrogens (tertiary/aromatic N) is 3. The molecule has 7 nitrogen and oxygen atoms in total. The van der Waals surface area contributed by atoms with Crippen LogP contribution in [0.15, 0.2) is 90.2 Å². The van der Waals surface area contributed by atoms with Gasteiger partial charge < -0.3 is 5.32 Å². The lowest BCUT2D eigenvalue weighted by molar-refractivity contribution is -0.136. The van der Waals surface area contributed by atoms with Crippen molar-refractivity contribution in [1.29, 1.82) is 0 Å². The molecule has 1 aromatic heterocycles. The van der Waals surface area contributed by atoms with Crippen molar-refractivity contribution in [3.05, 3.63) is 101 Å². The number of aromatic nitrogens is 2. The highest BCUT2D eigenvalue weighted by Crippen LogP contribution is 2.22. The Kier molecular flexibility index (Phi) is 6.61. The molecule has 0 unspecified atom stereocenters. The quantitative estimate of drug-likeness (QED) is 0.261. The number of halogens is 1. The predicted octanol–water partition coefficient (Wildman–Crippen LogP) is 4.59. The minimum Gasteiger partial charge on any atom is -0.318 e. The van der Waals surface area contributed by atoms with E-state index >= 15 is 0 Å². The second-order valence-electron chi connectivity index (χ2n) is 7.20. The molecule has 2 N–H and O–H groups in total. The van der Waals surface area contributed by atoms with Crippen LogP contribution in [0.4, 0.5) is 5.69 Å². The van der Waals surface area contributed by atoms with E-state index in [0.29, 0.717) is 22.0 Å². The Morgan fingerprint density at radius 1 is 0.970 bits per heavy atom. The van der Waals surface area contributed by atoms with Crippen LogP contribution >= 0.6 is 11.6 Å². The number of anilines is 1. The van der Waals surface area contributed by atoms with Crippen LogP contribution in [0.1, 0.15) is 11.1 Å². The highest BCUT2D eigenvalue weighted by Gasteiger charge is 2.14. The number of carbonyl (C=O) groups is 2. The number of carbonyl (C=O) groups excluding carboxylic acids is 2. The number of rotatable bonds is 5. The largest absolute Gasteiger partial charge is 0.329 e. The highest BCUT2D eigenvalue weighted by molar-refractivity contribution is 6.39. The van der Waals surface area contributed by atoms with Gasteiger partial charge in [-0.15, -0.1) is 0 Å². The van der Waals surface area contributed by atoms with E-state index in [0.717, 1.165) is 16.8 Å². The third-order valence-electron chi connectivity index (χ3n) is 4.82. The van der Waals surface area contributed by atoms with Crippen molar-refractivity contribution in [2.45, 2.75) is 6.92 Å². The van der Waals surface area contributed by atoms with Crippen molar-refractivity contribution in [2.24, 2.45) is 5.10 Å². The summed E-state index contributed by atoms with van der Waals surface area (Å²) in [7, 11) is 0. The molecule has 0 fully saturated rings. The van der Waals surface area contributed by atoms with Crippen molar-refractivity contribution >= 4 is 35.3 Å². The minimum atomic E-state index is -0.903. The monoisotopic (exact) mass is 457 g/mol. The van der Waals surface area contributed by atoms with Crippen LogP contribution < -0.4 is 10.7 Å². The Labute approximate surface area is 195 Å². The van der Waals surface area contributed by atoms with Crippen LogP contribution in [0.5, 0.6) is 0 Å². The first-order chi connectivity index (χ1) is 16.0. The summed E-state index contributed by atoms with van der Waals surface area (Å²) in [6.07, 6.45) is 3.27. The average molecular weight is 458 g/mol. The molecular formula is C25H20ClN5O2. The lowest BCUT2D eigenvalue weighted by Gasteiger charge is -2.05. The third-order valence-corrected chi connectivity index (χ3v) is 5.22. The van der Waals surface area contributed by atoms with E-state index in [1.807, 2.05) is 73.8 Å². The van der Waals surface area contributed by atoms with Gasteiger partial charge in [0, 0.05) is 28.0 Å². The lowest BCUT2D eigenvalue weighted by Crippen LogP contribution is -2.32. The molecule has 2 amide bonds. The summed E-state index contributed by atoms with van der Waals surface area (Å²) in [4.78, 5) is 24.4. The Hall–Kier alpha value is -4.23. The van der Waals surface area contributed by atoms with Crippen molar-refractivity contribution in [1.82, 2.24) is 15.2 Å². The van der Waals surface area contributed by atoms with E-state index < -0.39 is 11.8 Å². The molecule has 33 heavy (non-hydrogen) atoms. The second-order valence-corrected chi connectivity index (χ2v) is 7.60. The second kappa shape index (κ2) is 9.93. The standard InChI is InChI=1S/C25H20ClN5O2/c1-17-12-13-20(14-22(17)26)28-24(32)25(33)29-27-15-19-16-31(21-10-6-3-7-11-21)30-23(19)18-8-4-2-5-9-18/h2-16H,1H3,(H,28,32)(H,29,33)/b27-15+. The van der Waals surface area contributed by atoms with Crippen molar-refractivity contribution in [3.8, 4) is 16.9 Å². The fourth-order valence-corrected chi connectivity index (χ4v) is 3.27. The molecule has 0 atom stereocenters. The predicted molar refractivity (Wildman–Crippen MR) is 130 cm³/mol. The SMILES string of the molecule is Cc1ccc(NC(=O)C(=O)N/N=C/c2cn(-c3ccccc3)nc2-c2ccccc2)cc1Cl. The van der Waals surface area contributed by atoms with Gasteiger partial charge in [0.15, 0.2) is 0 Å². The van der Waals surface area contributed by atoms with Crippen molar-refractivity contribution < 1.29 is 9.59 Å². The Morgan fingerprint density at radius 2 is 1.67 bits per heavy atom. The van der Waals surface area contributed by atoms with Gasteiger partial charge in [0.05, 0.1) is 11.9 Å². The number of amides is 2. The Bertz CT molecular complexity index is 1320. The average Bonchev–Trinajstić information content (AvgIpc) is 3.26. The molecule has 0 spiro atoms. The molecule has 8 heteroatoms. The number of hydrazone groups is 1. The molecule has 164 valence electrons. The molecule has 0 aliphatic rings. The molecule has 0 saturated carbocycles. The first kappa shape index (κ1) is 22.0. The lowest BCUT2D eigenvalue weighted by atomic mass is 10.1. The van der Waals surface area contributed by atoms with Crippen LogP contribution in [-0.2, 0) is 9.59 Å². The molecule has 4 rings (SSSR count). The van der Waals surface area contributed by atoms with E-state index in [4.69, 9.17) is 11.6 Å². The number of nitrogens with one attached hydrogen (secondary N) is 2. The van der Waals surface area contributed by atoms with Crippen LogP contribution in [0.2, 0.25) is 5.02 Å². The zero-order valence-electron chi connectivity index (χ0n) is 17.7. The van der Waals surface area contributed by atoms with Crippen LogP contribution in [-0.4, -0.2) is 27.8 Å². The first-order valence-corrected chi connectivity index (χ1v) is 10.5. The van der Waals surface area contributed by atoms with Gasteiger partial charge in [-0.05, 0) is 36.8 Å². The summed E-state index contributed by atoms with van der Waals surface area (Å²) >= 11 is 6.06. The van der Waals surface area contributed by atoms with Gasteiger partial charge >= 0.3 is 11.8 Å². The van der Waals surface area contributed by atoms with Gasteiger partial charge in [-0.25, -0.2) is 10.1 Å². The summed E-state index contributed by atoms with van der Waals surface area (Å²) in [6, 6.07) is 24.3. The van der Waals surface area contributed by atoms with Crippen molar-refractivity contribution in [2.75, 3.05) is 5.32 Å². The van der Waals surface area contributed by atoms with E-state index in [9.17, 15) is 9.59 Å². The number of benzene rings is 3. The van der Waals surface area contributed by atoms with E-state index in [1.165, 1.54) is 6.21 Å². The maximum absolute atomic E-state index is 12.2. The number of aryl methyl sites for hydroxylation is 1. The number of para-hydroxylation sites is 1. The summed E-state index contributed by atoms with van der Waals surface area (Å²) in [5, 5.41) is 11.6. The zero-order valence-corrected chi connectivity index (χ0v) is 18.5. The fourth-order valence-electron chi connectivity index (χ4n) is 3.08. The topological polar surface area (TPSA) is 88.4 Å². The summed E-state index contributed by atoms with van der Waals surface area (Å²) in [6.45, 7) is 1.85. The maximum Gasteiger partial charge on any atom is 0.329 e. The van der Waals surface area contributed by atoms with E-state index in [1.54, 1.807) is 22.9 Å². The molecule has 4 aromatic rings. The first-order valence-electron chi connectivity index (χ1n) is 10.1. The molecule has 0 saturated heterocycles. The fraction of sp³-hybridized carbons (Fsp3) is 0.0400. The van der Waals surface area contributed by atoms with Crippen molar-refractivity contribution in [3.63, 3.8) is 0 Å². The van der Waals surface area contributed by atoms with Crippen LogP contribution in [0.3, 0.4) is 0 Å². The Balaban J connectivity index is 1.51. The summed E-state index contributed by atoms with van der Waals surface area (Å²) in [5.74, 6) is -1.75. The molecule has 0 aliphatic heterocycles.